The van der Waals surface area contributed by atoms with Gasteiger partial charge in [-0.1, -0.05) is 102 Å². The highest BCUT2D eigenvalue weighted by molar-refractivity contribution is 6.34. The number of carbonyl (C=O) groups is 5. The summed E-state index contributed by atoms with van der Waals surface area (Å²) in [5, 5.41) is 2.55. The summed E-state index contributed by atoms with van der Waals surface area (Å²) in [6.45, 7) is 6.35. The van der Waals surface area contributed by atoms with Crippen molar-refractivity contribution in [2.45, 2.75) is 129 Å². The average Bonchev–Trinajstić information content (AvgIpc) is 3.13. The van der Waals surface area contributed by atoms with Crippen LogP contribution in [0.2, 0.25) is 5.02 Å². The zero-order valence-corrected chi connectivity index (χ0v) is 26.4. The first kappa shape index (κ1) is 35.3. The summed E-state index contributed by atoms with van der Waals surface area (Å²) in [5.41, 5.74) is -1.30. The number of unbranched alkanes of at least 4 members (excludes halogenated alkanes) is 13. The maximum atomic E-state index is 13.0. The molecule has 1 aliphatic heterocycles. The van der Waals surface area contributed by atoms with Crippen molar-refractivity contribution in [3.8, 4) is 0 Å². The summed E-state index contributed by atoms with van der Waals surface area (Å²) in [5.74, 6) is -3.08. The topological polar surface area (TPSA) is 119 Å². The molecule has 1 aliphatic rings. The number of esters is 1. The van der Waals surface area contributed by atoms with E-state index in [1.165, 1.54) is 103 Å². The number of rotatable bonds is 20. The summed E-state index contributed by atoms with van der Waals surface area (Å²) < 4.78 is 10.4. The zero-order valence-electron chi connectivity index (χ0n) is 25.6. The summed E-state index contributed by atoms with van der Waals surface area (Å²) in [6.07, 6.45) is 16.2. The van der Waals surface area contributed by atoms with Crippen LogP contribution >= 0.6 is 11.6 Å². The molecule has 1 aromatic carbocycles. The molecule has 0 saturated carbocycles. The van der Waals surface area contributed by atoms with Crippen LogP contribution in [0.3, 0.4) is 0 Å². The fourth-order valence-electron chi connectivity index (χ4n) is 4.88. The normalized spacial score (nSPS) is 14.9. The Hall–Kier alpha value is -2.94. The van der Waals surface area contributed by atoms with Crippen molar-refractivity contribution in [2.75, 3.05) is 11.9 Å². The summed E-state index contributed by atoms with van der Waals surface area (Å²) in [6, 6.07) is 2.47. The van der Waals surface area contributed by atoms with Gasteiger partial charge in [0.1, 0.15) is 0 Å². The molecule has 9 nitrogen and oxygen atoms in total. The molecule has 10 heteroatoms. The van der Waals surface area contributed by atoms with E-state index >= 15 is 0 Å². The lowest BCUT2D eigenvalue weighted by Gasteiger charge is -2.22. The molecule has 0 spiro atoms. The second-order valence-corrected chi connectivity index (χ2v) is 11.9. The number of carbonyl (C=O) groups excluding carboxylic acids is 5. The van der Waals surface area contributed by atoms with Crippen molar-refractivity contribution in [1.29, 1.82) is 0 Å². The molecule has 1 N–H and O–H groups in total. The molecule has 1 fully saturated rings. The number of halogens is 1. The SMILES string of the molecule is CCCCCCCCCCCCCCCCOC(=O)c1ccc(Cl)c(NC(=O)C(C(C)=O)N2C(=O)OC(C)(C)C2=O)c1. The van der Waals surface area contributed by atoms with E-state index in [1.54, 1.807) is 0 Å². The van der Waals surface area contributed by atoms with Crippen molar-refractivity contribution >= 4 is 46.9 Å². The van der Waals surface area contributed by atoms with E-state index in [0.29, 0.717) is 4.90 Å². The molecule has 0 radical (unpaired) electrons. The minimum atomic E-state index is -1.75. The molecule has 1 atom stereocenters. The Bertz CT molecular complexity index is 1090. The lowest BCUT2D eigenvalue weighted by Crippen LogP contribution is -2.52. The fourth-order valence-corrected chi connectivity index (χ4v) is 5.05. The number of ether oxygens (including phenoxy) is 2. The molecule has 1 heterocycles. The Kier molecular flexibility index (Phi) is 15.0. The lowest BCUT2D eigenvalue weighted by molar-refractivity contribution is -0.142. The van der Waals surface area contributed by atoms with Crippen LogP contribution in [0.1, 0.15) is 128 Å². The van der Waals surface area contributed by atoms with Crippen LogP contribution in [0, 0.1) is 0 Å². The van der Waals surface area contributed by atoms with Gasteiger partial charge in [-0.3, -0.25) is 14.4 Å². The smallest absolute Gasteiger partial charge is 0.418 e. The van der Waals surface area contributed by atoms with Crippen molar-refractivity contribution in [1.82, 2.24) is 4.90 Å². The third kappa shape index (κ3) is 11.0. The summed E-state index contributed by atoms with van der Waals surface area (Å²) in [4.78, 5) is 63.2. The molecule has 0 aromatic heterocycles. The highest BCUT2D eigenvalue weighted by atomic mass is 35.5. The Labute approximate surface area is 255 Å². The molecule has 0 aliphatic carbocycles. The number of nitrogens with one attached hydrogen (secondary N) is 1. The fraction of sp³-hybridized carbons (Fsp3) is 0.656. The van der Waals surface area contributed by atoms with Crippen LogP contribution in [0.15, 0.2) is 18.2 Å². The second kappa shape index (κ2) is 17.9. The Morgan fingerprint density at radius 2 is 1.43 bits per heavy atom. The van der Waals surface area contributed by atoms with Crippen LogP contribution in [-0.4, -0.2) is 52.8 Å². The van der Waals surface area contributed by atoms with E-state index in [0.717, 1.165) is 26.2 Å². The molecule has 0 bridgehead atoms. The van der Waals surface area contributed by atoms with Crippen LogP contribution in [0.25, 0.3) is 0 Å². The van der Waals surface area contributed by atoms with Gasteiger partial charge in [-0.2, -0.15) is 0 Å². The van der Waals surface area contributed by atoms with Crippen LogP contribution in [0.4, 0.5) is 10.5 Å². The molecule has 3 amide bonds. The van der Waals surface area contributed by atoms with Crippen molar-refractivity contribution in [2.24, 2.45) is 0 Å². The van der Waals surface area contributed by atoms with Crippen molar-refractivity contribution in [3.63, 3.8) is 0 Å². The van der Waals surface area contributed by atoms with E-state index in [4.69, 9.17) is 21.1 Å². The molecule has 1 unspecified atom stereocenters. The number of benzene rings is 1. The molecular formula is C32H47ClN2O7. The summed E-state index contributed by atoms with van der Waals surface area (Å²) >= 11 is 6.21. The van der Waals surface area contributed by atoms with Gasteiger partial charge in [-0.25, -0.2) is 14.5 Å². The molecular weight excluding hydrogens is 560 g/mol. The van der Waals surface area contributed by atoms with Gasteiger partial charge in [-0.05, 0) is 45.4 Å². The highest BCUT2D eigenvalue weighted by Gasteiger charge is 2.53. The van der Waals surface area contributed by atoms with Gasteiger partial charge in [-0.15, -0.1) is 0 Å². The van der Waals surface area contributed by atoms with Gasteiger partial charge in [0.05, 0.1) is 22.9 Å². The number of nitrogens with zero attached hydrogens (tertiary/aromatic N) is 1. The van der Waals surface area contributed by atoms with Crippen LogP contribution in [-0.2, 0) is 23.9 Å². The molecule has 42 heavy (non-hydrogen) atoms. The van der Waals surface area contributed by atoms with E-state index in [-0.39, 0.29) is 22.9 Å². The van der Waals surface area contributed by atoms with Gasteiger partial charge < -0.3 is 14.8 Å². The number of Topliss-reactive ketones (excluding diaryl/α,β-unsaturated/α-hetero) is 1. The van der Waals surface area contributed by atoms with E-state index < -0.39 is 41.3 Å². The predicted octanol–water partition coefficient (Wildman–Crippen LogP) is 7.63. The van der Waals surface area contributed by atoms with Crippen LogP contribution < -0.4 is 5.32 Å². The Morgan fingerprint density at radius 1 is 0.905 bits per heavy atom. The largest absolute Gasteiger partial charge is 0.462 e. The van der Waals surface area contributed by atoms with Gasteiger partial charge >= 0.3 is 12.1 Å². The average molecular weight is 607 g/mol. The zero-order chi connectivity index (χ0) is 31.1. The molecule has 2 rings (SSSR count). The minimum Gasteiger partial charge on any atom is -0.462 e. The molecule has 1 aromatic rings. The first-order chi connectivity index (χ1) is 20.0. The third-order valence-electron chi connectivity index (χ3n) is 7.36. The first-order valence-electron chi connectivity index (χ1n) is 15.3. The maximum absolute atomic E-state index is 13.0. The Balaban J connectivity index is 1.73. The number of imide groups is 1. The maximum Gasteiger partial charge on any atom is 0.418 e. The van der Waals surface area contributed by atoms with Gasteiger partial charge in [0, 0.05) is 0 Å². The number of ketones is 1. The molecule has 1 saturated heterocycles. The van der Waals surface area contributed by atoms with E-state index in [1.807, 2.05) is 0 Å². The number of cyclic esters (lactones) is 1. The number of anilines is 1. The number of amides is 3. The number of hydrogen-bond donors (Lipinski definition) is 1. The molecule has 234 valence electrons. The first-order valence-corrected chi connectivity index (χ1v) is 15.7. The van der Waals surface area contributed by atoms with Crippen molar-refractivity contribution in [3.05, 3.63) is 28.8 Å². The second-order valence-electron chi connectivity index (χ2n) is 11.5. The monoisotopic (exact) mass is 606 g/mol. The van der Waals surface area contributed by atoms with E-state index in [9.17, 15) is 24.0 Å². The van der Waals surface area contributed by atoms with Gasteiger partial charge in [0.15, 0.2) is 17.4 Å². The Morgan fingerprint density at radius 3 is 1.90 bits per heavy atom. The lowest BCUT2D eigenvalue weighted by atomic mass is 10.0. The highest BCUT2D eigenvalue weighted by Crippen LogP contribution is 2.28. The van der Waals surface area contributed by atoms with Crippen molar-refractivity contribution < 1.29 is 33.4 Å². The van der Waals surface area contributed by atoms with Gasteiger partial charge in [0.25, 0.3) is 11.8 Å². The number of hydrogen-bond acceptors (Lipinski definition) is 7. The summed E-state index contributed by atoms with van der Waals surface area (Å²) in [7, 11) is 0. The quantitative estimate of drug-likeness (QED) is 0.0920. The van der Waals surface area contributed by atoms with E-state index in [2.05, 4.69) is 12.2 Å². The standard InChI is InChI=1S/C32H47ClN2O7/c1-5-6-7-8-9-10-11-12-13-14-15-16-17-18-21-41-29(38)24-19-20-25(33)26(22-24)34-28(37)27(23(2)36)35-30(39)32(3,4)42-31(35)40/h19-20,22,27H,5-18,21H2,1-4H3,(H,34,37). The van der Waals surface area contributed by atoms with Crippen LogP contribution in [0.5, 0.6) is 0 Å². The predicted molar refractivity (Wildman–Crippen MR) is 163 cm³/mol. The third-order valence-corrected chi connectivity index (χ3v) is 7.69. The van der Waals surface area contributed by atoms with Gasteiger partial charge in [0.2, 0.25) is 0 Å². The minimum absolute atomic E-state index is 0.0399.